The summed E-state index contributed by atoms with van der Waals surface area (Å²) in [5.41, 5.74) is 3.90. The molecule has 0 spiro atoms. The molecule has 0 atom stereocenters. The predicted molar refractivity (Wildman–Crippen MR) is 86.0 cm³/mol. The van der Waals surface area contributed by atoms with Crippen LogP contribution in [0.5, 0.6) is 5.75 Å². The summed E-state index contributed by atoms with van der Waals surface area (Å²) in [5, 5.41) is 6.00. The first-order chi connectivity index (χ1) is 10.1. The average Bonchev–Trinajstić information content (AvgIpc) is 2.46. The molecule has 4 nitrogen and oxygen atoms in total. The second kappa shape index (κ2) is 6.79. The first-order valence-corrected chi connectivity index (χ1v) is 6.83. The maximum Gasteiger partial charge on any atom is 0.243 e. The summed E-state index contributed by atoms with van der Waals surface area (Å²) in [6, 6.07) is 13.4. The van der Waals surface area contributed by atoms with Crippen LogP contribution in [0.2, 0.25) is 0 Å². The molecule has 0 heterocycles. The highest BCUT2D eigenvalue weighted by Gasteiger charge is 2.04. The van der Waals surface area contributed by atoms with E-state index in [0.717, 1.165) is 28.3 Å². The smallest absolute Gasteiger partial charge is 0.243 e. The molecule has 0 saturated heterocycles. The summed E-state index contributed by atoms with van der Waals surface area (Å²) >= 11 is 0. The van der Waals surface area contributed by atoms with Crippen molar-refractivity contribution in [2.45, 2.75) is 13.8 Å². The molecule has 0 aliphatic carbocycles. The summed E-state index contributed by atoms with van der Waals surface area (Å²) in [7, 11) is 1.64. The molecule has 0 saturated carbocycles. The quantitative estimate of drug-likeness (QED) is 0.885. The van der Waals surface area contributed by atoms with E-state index in [1.165, 1.54) is 0 Å². The maximum absolute atomic E-state index is 11.9. The number of ether oxygens (including phenoxy) is 1. The molecule has 2 aromatic rings. The van der Waals surface area contributed by atoms with Crippen LogP contribution in [0, 0.1) is 13.8 Å². The van der Waals surface area contributed by atoms with Crippen molar-refractivity contribution >= 4 is 17.3 Å². The molecular formula is C17H20N2O2. The highest BCUT2D eigenvalue weighted by Crippen LogP contribution is 2.20. The summed E-state index contributed by atoms with van der Waals surface area (Å²) in [6.45, 7) is 4.19. The van der Waals surface area contributed by atoms with Gasteiger partial charge in [0.25, 0.3) is 0 Å². The fourth-order valence-electron chi connectivity index (χ4n) is 2.06. The van der Waals surface area contributed by atoms with E-state index in [2.05, 4.69) is 10.6 Å². The lowest BCUT2D eigenvalue weighted by atomic mass is 10.2. The monoisotopic (exact) mass is 284 g/mol. The minimum Gasteiger partial charge on any atom is -0.497 e. The molecule has 0 fully saturated rings. The molecule has 4 heteroatoms. The van der Waals surface area contributed by atoms with Gasteiger partial charge in [0.05, 0.1) is 13.7 Å². The standard InChI is InChI=1S/C17H20N2O2/c1-12-5-4-6-14(9-12)19-17(20)11-18-16-8-7-15(21-3)10-13(16)2/h4-10,18H,11H2,1-3H3,(H,19,20). The average molecular weight is 284 g/mol. The van der Waals surface area contributed by atoms with Crippen molar-refractivity contribution < 1.29 is 9.53 Å². The number of hydrogen-bond donors (Lipinski definition) is 2. The van der Waals surface area contributed by atoms with E-state index in [-0.39, 0.29) is 12.5 Å². The first-order valence-electron chi connectivity index (χ1n) is 6.83. The van der Waals surface area contributed by atoms with E-state index in [4.69, 9.17) is 4.74 Å². The third-order valence-electron chi connectivity index (χ3n) is 3.17. The van der Waals surface area contributed by atoms with Gasteiger partial charge in [-0.15, -0.1) is 0 Å². The van der Waals surface area contributed by atoms with E-state index in [1.54, 1.807) is 7.11 Å². The number of carbonyl (C=O) groups is 1. The number of carbonyl (C=O) groups excluding carboxylic acids is 1. The van der Waals surface area contributed by atoms with Gasteiger partial charge in [-0.3, -0.25) is 4.79 Å². The Labute approximate surface area is 125 Å². The summed E-state index contributed by atoms with van der Waals surface area (Å²) in [5.74, 6) is 0.734. The minimum atomic E-state index is -0.0733. The Balaban J connectivity index is 1.92. The number of amides is 1. The zero-order chi connectivity index (χ0) is 15.2. The Bertz CT molecular complexity index is 638. The number of methoxy groups -OCH3 is 1. The summed E-state index contributed by atoms with van der Waals surface area (Å²) in [4.78, 5) is 11.9. The molecule has 0 radical (unpaired) electrons. The van der Waals surface area contributed by atoms with E-state index in [9.17, 15) is 4.79 Å². The van der Waals surface area contributed by atoms with Crippen molar-refractivity contribution in [2.24, 2.45) is 0 Å². The molecular weight excluding hydrogens is 264 g/mol. The van der Waals surface area contributed by atoms with E-state index in [1.807, 2.05) is 56.3 Å². The molecule has 0 aliphatic rings. The van der Waals surface area contributed by atoms with Crippen LogP contribution in [0.25, 0.3) is 0 Å². The van der Waals surface area contributed by atoms with Crippen LogP contribution >= 0.6 is 0 Å². The molecule has 2 rings (SSSR count). The fraction of sp³-hybridized carbons (Fsp3) is 0.235. The van der Waals surface area contributed by atoms with Crippen LogP contribution in [0.4, 0.5) is 11.4 Å². The van der Waals surface area contributed by atoms with Crippen LogP contribution in [0.15, 0.2) is 42.5 Å². The fourth-order valence-corrected chi connectivity index (χ4v) is 2.06. The van der Waals surface area contributed by atoms with Gasteiger partial charge in [-0.1, -0.05) is 12.1 Å². The minimum absolute atomic E-state index is 0.0733. The first kappa shape index (κ1) is 14.9. The summed E-state index contributed by atoms with van der Waals surface area (Å²) < 4.78 is 5.16. The van der Waals surface area contributed by atoms with Gasteiger partial charge in [-0.2, -0.15) is 0 Å². The van der Waals surface area contributed by atoms with Crippen LogP contribution in [-0.2, 0) is 4.79 Å². The number of benzene rings is 2. The zero-order valence-electron chi connectivity index (χ0n) is 12.6. The number of hydrogen-bond acceptors (Lipinski definition) is 3. The van der Waals surface area contributed by atoms with Gasteiger partial charge < -0.3 is 15.4 Å². The third-order valence-corrected chi connectivity index (χ3v) is 3.17. The maximum atomic E-state index is 11.9. The number of anilines is 2. The molecule has 0 bridgehead atoms. The molecule has 2 aromatic carbocycles. The lowest BCUT2D eigenvalue weighted by molar-refractivity contribution is -0.114. The molecule has 21 heavy (non-hydrogen) atoms. The second-order valence-electron chi connectivity index (χ2n) is 4.95. The van der Waals surface area contributed by atoms with Crippen LogP contribution < -0.4 is 15.4 Å². The largest absolute Gasteiger partial charge is 0.497 e. The van der Waals surface area contributed by atoms with E-state index in [0.29, 0.717) is 0 Å². The molecule has 110 valence electrons. The predicted octanol–water partition coefficient (Wildman–Crippen LogP) is 3.36. The van der Waals surface area contributed by atoms with Gasteiger partial charge in [0.1, 0.15) is 5.75 Å². The van der Waals surface area contributed by atoms with Gasteiger partial charge >= 0.3 is 0 Å². The topological polar surface area (TPSA) is 50.4 Å². The normalized spacial score (nSPS) is 10.0. The van der Waals surface area contributed by atoms with Crippen LogP contribution in [-0.4, -0.2) is 19.6 Å². The number of nitrogens with one attached hydrogen (secondary N) is 2. The Morgan fingerprint density at radius 2 is 1.95 bits per heavy atom. The number of aryl methyl sites for hydroxylation is 2. The van der Waals surface area contributed by atoms with Gasteiger partial charge in [0.2, 0.25) is 5.91 Å². The van der Waals surface area contributed by atoms with Gasteiger partial charge in [-0.25, -0.2) is 0 Å². The lowest BCUT2D eigenvalue weighted by Crippen LogP contribution is -2.22. The molecule has 0 aromatic heterocycles. The number of rotatable bonds is 5. The highest BCUT2D eigenvalue weighted by molar-refractivity contribution is 5.93. The van der Waals surface area contributed by atoms with Crippen molar-refractivity contribution in [1.82, 2.24) is 0 Å². The van der Waals surface area contributed by atoms with Crippen LogP contribution in [0.3, 0.4) is 0 Å². The van der Waals surface area contributed by atoms with Crippen molar-refractivity contribution in [3.05, 3.63) is 53.6 Å². The van der Waals surface area contributed by atoms with Crippen molar-refractivity contribution in [3.8, 4) is 5.75 Å². The van der Waals surface area contributed by atoms with E-state index < -0.39 is 0 Å². The zero-order valence-corrected chi connectivity index (χ0v) is 12.6. The van der Waals surface area contributed by atoms with Gasteiger partial charge in [0, 0.05) is 11.4 Å². The van der Waals surface area contributed by atoms with Gasteiger partial charge in [-0.05, 0) is 55.3 Å². The molecule has 1 amide bonds. The second-order valence-corrected chi connectivity index (χ2v) is 4.95. The Hall–Kier alpha value is -2.49. The Kier molecular flexibility index (Phi) is 4.82. The Morgan fingerprint density at radius 1 is 1.14 bits per heavy atom. The highest BCUT2D eigenvalue weighted by atomic mass is 16.5. The molecule has 0 aliphatic heterocycles. The van der Waals surface area contributed by atoms with Crippen molar-refractivity contribution in [1.29, 1.82) is 0 Å². The molecule has 0 unspecified atom stereocenters. The van der Waals surface area contributed by atoms with E-state index >= 15 is 0 Å². The van der Waals surface area contributed by atoms with Crippen molar-refractivity contribution in [3.63, 3.8) is 0 Å². The summed E-state index contributed by atoms with van der Waals surface area (Å²) in [6.07, 6.45) is 0. The van der Waals surface area contributed by atoms with Crippen molar-refractivity contribution in [2.75, 3.05) is 24.3 Å². The Morgan fingerprint density at radius 3 is 2.62 bits per heavy atom. The SMILES string of the molecule is COc1ccc(NCC(=O)Nc2cccc(C)c2)c(C)c1. The van der Waals surface area contributed by atoms with Gasteiger partial charge in [0.15, 0.2) is 0 Å². The van der Waals surface area contributed by atoms with Crippen LogP contribution in [0.1, 0.15) is 11.1 Å². The lowest BCUT2D eigenvalue weighted by Gasteiger charge is -2.11. The molecule has 2 N–H and O–H groups in total. The third kappa shape index (κ3) is 4.24.